The van der Waals surface area contributed by atoms with Crippen LogP contribution in [0.4, 0.5) is 10.1 Å². The molecule has 0 saturated heterocycles. The number of aliphatic hydroxyl groups is 2. The Kier molecular flexibility index (Phi) is 16.4. The Labute approximate surface area is 318 Å². The predicted molar refractivity (Wildman–Crippen MR) is 196 cm³/mol. The van der Waals surface area contributed by atoms with Gasteiger partial charge in [-0.15, -0.1) is 0 Å². The monoisotopic (exact) mass is 768 g/mol. The third-order valence-corrected chi connectivity index (χ3v) is 8.76. The lowest BCUT2D eigenvalue weighted by Crippen LogP contribution is -2.31. The molecule has 1 heterocycles. The van der Waals surface area contributed by atoms with Crippen molar-refractivity contribution in [2.45, 2.75) is 89.8 Å². The summed E-state index contributed by atoms with van der Waals surface area (Å²) in [6, 6.07) is 24.4. The molecule has 1 aromatic heterocycles. The summed E-state index contributed by atoms with van der Waals surface area (Å²) in [6.07, 6.45) is -4.58. The van der Waals surface area contributed by atoms with Gasteiger partial charge in [-0.2, -0.15) is 0 Å². The SMILES string of the molecule is CC(CCC(COC(=O)CC(O)CC(O)CCn1c(-c2ccc(F)cc2)c(-c2ccccc2)c(C(=O)Nc2ccccc2)c1C(C)C)ON(O)O)ON(O)O. The average Bonchev–Trinajstić information content (AvgIpc) is 3.48. The lowest BCUT2D eigenvalue weighted by molar-refractivity contribution is -0.510. The quantitative estimate of drug-likeness (QED) is 0.0366. The molecular weight excluding hydrogens is 719 g/mol. The minimum absolute atomic E-state index is 0.0421. The van der Waals surface area contributed by atoms with Gasteiger partial charge in [-0.1, -0.05) is 62.4 Å². The van der Waals surface area contributed by atoms with Crippen LogP contribution >= 0.6 is 0 Å². The molecule has 0 bridgehead atoms. The maximum atomic E-state index is 14.3. The molecule has 4 unspecified atom stereocenters. The number of rotatable bonds is 21. The van der Waals surface area contributed by atoms with E-state index in [2.05, 4.69) is 10.2 Å². The highest BCUT2D eigenvalue weighted by Crippen LogP contribution is 2.42. The smallest absolute Gasteiger partial charge is 0.308 e. The molecule has 1 amide bonds. The Morgan fingerprint density at radius 2 is 1.40 bits per heavy atom. The van der Waals surface area contributed by atoms with E-state index in [1.807, 2.05) is 66.9 Å². The molecule has 298 valence electrons. The minimum Gasteiger partial charge on any atom is -0.463 e. The summed E-state index contributed by atoms with van der Waals surface area (Å²) in [4.78, 5) is 36.2. The van der Waals surface area contributed by atoms with Crippen molar-refractivity contribution in [3.8, 4) is 22.4 Å². The predicted octanol–water partition coefficient (Wildman–Crippen LogP) is 6.33. The largest absolute Gasteiger partial charge is 0.463 e. The van der Waals surface area contributed by atoms with Crippen LogP contribution in [0.15, 0.2) is 84.9 Å². The van der Waals surface area contributed by atoms with Crippen LogP contribution in [0.1, 0.15) is 74.8 Å². The van der Waals surface area contributed by atoms with Crippen molar-refractivity contribution in [2.24, 2.45) is 0 Å². The van der Waals surface area contributed by atoms with Gasteiger partial charge in [0.1, 0.15) is 18.5 Å². The fourth-order valence-corrected chi connectivity index (χ4v) is 6.37. The van der Waals surface area contributed by atoms with Gasteiger partial charge in [0.05, 0.1) is 46.8 Å². The van der Waals surface area contributed by atoms with Gasteiger partial charge in [0.15, 0.2) is 0 Å². The van der Waals surface area contributed by atoms with Crippen LogP contribution in [0.25, 0.3) is 22.4 Å². The maximum absolute atomic E-state index is 14.3. The molecule has 0 radical (unpaired) electrons. The molecule has 3 aromatic carbocycles. The van der Waals surface area contributed by atoms with E-state index in [-0.39, 0.29) is 44.1 Å². The number of amides is 1. The molecule has 0 aliphatic rings. The first-order valence-corrected chi connectivity index (χ1v) is 17.9. The van der Waals surface area contributed by atoms with E-state index < -0.39 is 60.0 Å². The molecule has 0 aliphatic carbocycles. The van der Waals surface area contributed by atoms with Gasteiger partial charge >= 0.3 is 5.97 Å². The van der Waals surface area contributed by atoms with E-state index in [0.29, 0.717) is 33.8 Å². The number of benzene rings is 3. The van der Waals surface area contributed by atoms with Crippen molar-refractivity contribution in [3.63, 3.8) is 0 Å². The first-order valence-electron chi connectivity index (χ1n) is 17.9. The van der Waals surface area contributed by atoms with Crippen LogP contribution < -0.4 is 5.32 Å². The molecule has 7 N–H and O–H groups in total. The van der Waals surface area contributed by atoms with Gasteiger partial charge in [-0.3, -0.25) is 30.4 Å². The van der Waals surface area contributed by atoms with Crippen LogP contribution in [0.3, 0.4) is 0 Å². The number of halogens is 1. The Balaban J connectivity index is 1.54. The highest BCUT2D eigenvalue weighted by atomic mass is 19.1. The number of esters is 1. The van der Waals surface area contributed by atoms with Crippen molar-refractivity contribution in [3.05, 3.63) is 102 Å². The normalized spacial score (nSPS) is 13.9. The number of nitrogens with one attached hydrogen (secondary N) is 1. The first kappa shape index (κ1) is 43.1. The van der Waals surface area contributed by atoms with E-state index >= 15 is 0 Å². The number of hydrogen-bond acceptors (Lipinski definition) is 13. The van der Waals surface area contributed by atoms with Crippen molar-refractivity contribution in [2.75, 3.05) is 11.9 Å². The second-order valence-electron chi connectivity index (χ2n) is 13.4. The third kappa shape index (κ3) is 13.0. The lowest BCUT2D eigenvalue weighted by Gasteiger charge is -2.21. The summed E-state index contributed by atoms with van der Waals surface area (Å²) in [6.45, 7) is 5.18. The van der Waals surface area contributed by atoms with Gasteiger partial charge in [-0.25, -0.2) is 14.1 Å². The summed E-state index contributed by atoms with van der Waals surface area (Å²) in [7, 11) is 0. The molecule has 55 heavy (non-hydrogen) atoms. The van der Waals surface area contributed by atoms with E-state index in [9.17, 15) is 24.2 Å². The Morgan fingerprint density at radius 3 is 2.00 bits per heavy atom. The van der Waals surface area contributed by atoms with Crippen molar-refractivity contribution in [1.29, 1.82) is 0 Å². The highest BCUT2D eigenvalue weighted by molar-refractivity contribution is 6.12. The van der Waals surface area contributed by atoms with Crippen molar-refractivity contribution >= 4 is 17.6 Å². The van der Waals surface area contributed by atoms with Crippen LogP contribution in [0.5, 0.6) is 0 Å². The summed E-state index contributed by atoms with van der Waals surface area (Å²) in [5, 5.41) is 59.6. The lowest BCUT2D eigenvalue weighted by atomic mass is 9.94. The molecule has 0 saturated carbocycles. The second-order valence-corrected chi connectivity index (χ2v) is 13.4. The molecule has 4 atom stereocenters. The number of aromatic nitrogens is 1. The van der Waals surface area contributed by atoms with Crippen LogP contribution in [0, 0.1) is 5.82 Å². The summed E-state index contributed by atoms with van der Waals surface area (Å²) in [5.41, 5.74) is 4.43. The van der Waals surface area contributed by atoms with Crippen LogP contribution in [-0.4, -0.2) is 89.3 Å². The molecule has 0 spiro atoms. The number of aliphatic hydroxyl groups excluding tert-OH is 2. The van der Waals surface area contributed by atoms with Crippen molar-refractivity contribution < 1.29 is 59.4 Å². The Morgan fingerprint density at radius 1 is 0.782 bits per heavy atom. The third-order valence-electron chi connectivity index (χ3n) is 8.76. The van der Waals surface area contributed by atoms with E-state index in [1.165, 1.54) is 19.1 Å². The molecule has 0 fully saturated rings. The number of carbonyl (C=O) groups excluding carboxylic acids is 2. The van der Waals surface area contributed by atoms with Crippen LogP contribution in [0.2, 0.25) is 0 Å². The van der Waals surface area contributed by atoms with Gasteiger partial charge in [0, 0.05) is 23.5 Å². The highest BCUT2D eigenvalue weighted by Gasteiger charge is 2.31. The van der Waals surface area contributed by atoms with Gasteiger partial charge < -0.3 is 24.8 Å². The summed E-state index contributed by atoms with van der Waals surface area (Å²) < 4.78 is 21.3. The fraction of sp³-hybridized carbons (Fsp3) is 0.385. The number of para-hydroxylation sites is 1. The molecule has 15 nitrogen and oxygen atoms in total. The summed E-state index contributed by atoms with van der Waals surface area (Å²) >= 11 is 0. The van der Waals surface area contributed by atoms with Crippen LogP contribution in [-0.2, 0) is 25.8 Å². The van der Waals surface area contributed by atoms with Gasteiger partial charge in [-0.05, 0) is 86.1 Å². The van der Waals surface area contributed by atoms with Gasteiger partial charge in [0.2, 0.25) is 0 Å². The number of nitrogens with zero attached hydrogens (tertiary/aromatic N) is 3. The zero-order valence-corrected chi connectivity index (χ0v) is 30.9. The molecule has 0 aliphatic heterocycles. The van der Waals surface area contributed by atoms with E-state index in [0.717, 1.165) is 5.56 Å². The molecule has 16 heteroatoms. The summed E-state index contributed by atoms with van der Waals surface area (Å²) in [5.74, 6) is -1.79. The zero-order chi connectivity index (χ0) is 40.1. The number of hydrogen-bond donors (Lipinski definition) is 7. The zero-order valence-electron chi connectivity index (χ0n) is 30.9. The average molecular weight is 769 g/mol. The molecule has 4 aromatic rings. The maximum Gasteiger partial charge on any atom is 0.308 e. The number of anilines is 1. The molecule has 4 rings (SSSR count). The van der Waals surface area contributed by atoms with E-state index in [4.69, 9.17) is 30.4 Å². The first-order chi connectivity index (χ1) is 26.2. The topological polar surface area (TPSA) is 207 Å². The minimum atomic E-state index is -1.31. The van der Waals surface area contributed by atoms with Crippen molar-refractivity contribution in [1.82, 2.24) is 15.3 Å². The standard InChI is InChI=1S/C39H49FN4O11/c1-25(2)37-36(39(48)41-30-12-8-5-9-13-30)35(27-10-6-4-7-11-27)38(28-15-17-29(40)18-16-28)42(37)21-20-31(45)22-32(46)23-34(47)53-24-33(55-44(51)52)19-14-26(3)54-43(49)50/h4-13,15-18,25-26,31-33,45-46,49-52H,14,19-24H2,1-3H3,(H,41,48). The number of carbonyl (C=O) groups is 2. The number of ether oxygens (including phenoxy) is 1. The Hall–Kier alpha value is -4.59. The van der Waals surface area contributed by atoms with Gasteiger partial charge in [0.25, 0.3) is 5.91 Å². The van der Waals surface area contributed by atoms with E-state index in [1.54, 1.807) is 24.3 Å². The second kappa shape index (κ2) is 20.9. The molecular formula is C39H49FN4O11. The Bertz CT molecular complexity index is 1790. The fourth-order valence-electron chi connectivity index (χ4n) is 6.37.